The van der Waals surface area contributed by atoms with E-state index >= 15 is 0 Å². The number of aromatic nitrogens is 3. The Labute approximate surface area is 188 Å². The van der Waals surface area contributed by atoms with Crippen molar-refractivity contribution in [2.75, 3.05) is 26.8 Å². The van der Waals surface area contributed by atoms with Gasteiger partial charge < -0.3 is 24.7 Å². The number of nitrogens with one attached hydrogen (secondary N) is 2. The highest BCUT2D eigenvalue weighted by molar-refractivity contribution is 14.0. The first-order valence-electron chi connectivity index (χ1n) is 9.27. The predicted octanol–water partition coefficient (Wildman–Crippen LogP) is 2.42. The van der Waals surface area contributed by atoms with Crippen molar-refractivity contribution in [2.45, 2.75) is 32.9 Å². The molecule has 0 amide bonds. The molecule has 0 fully saturated rings. The third-order valence-electron chi connectivity index (χ3n) is 4.07. The molecule has 0 saturated carbocycles. The van der Waals surface area contributed by atoms with Gasteiger partial charge in [0.05, 0.1) is 6.54 Å². The highest BCUT2D eigenvalue weighted by Gasteiger charge is 2.08. The lowest BCUT2D eigenvalue weighted by Crippen LogP contribution is -2.42. The van der Waals surface area contributed by atoms with Gasteiger partial charge in [-0.3, -0.25) is 0 Å². The maximum Gasteiger partial charge on any atom is 0.191 e. The van der Waals surface area contributed by atoms with Crippen LogP contribution in [0.4, 0.5) is 4.39 Å². The second kappa shape index (κ2) is 13.3. The summed E-state index contributed by atoms with van der Waals surface area (Å²) in [5.41, 5.74) is 0. The van der Waals surface area contributed by atoms with Crippen LogP contribution in [0.25, 0.3) is 0 Å². The van der Waals surface area contributed by atoms with Gasteiger partial charge in [0.1, 0.15) is 30.0 Å². The third kappa shape index (κ3) is 8.94. The van der Waals surface area contributed by atoms with Crippen LogP contribution in [-0.2, 0) is 18.3 Å². The Hall–Kier alpha value is -1.95. The number of methoxy groups -OCH3 is 1. The molecule has 0 aliphatic heterocycles. The van der Waals surface area contributed by atoms with E-state index in [0.29, 0.717) is 31.4 Å². The summed E-state index contributed by atoms with van der Waals surface area (Å²) in [7, 11) is 3.59. The molecule has 29 heavy (non-hydrogen) atoms. The number of ether oxygens (including phenoxy) is 2. The zero-order chi connectivity index (χ0) is 20.4. The average molecular weight is 520 g/mol. The minimum Gasteiger partial charge on any atom is -0.489 e. The van der Waals surface area contributed by atoms with Crippen LogP contribution in [0.15, 0.2) is 29.3 Å². The summed E-state index contributed by atoms with van der Waals surface area (Å²) in [6.45, 7) is 6.10. The van der Waals surface area contributed by atoms with E-state index in [9.17, 15) is 4.39 Å². The molecule has 0 aliphatic carbocycles. The van der Waals surface area contributed by atoms with Gasteiger partial charge in [0, 0.05) is 33.4 Å². The quantitative estimate of drug-likeness (QED) is 0.217. The molecule has 0 aliphatic rings. The smallest absolute Gasteiger partial charge is 0.191 e. The van der Waals surface area contributed by atoms with Crippen molar-refractivity contribution in [1.29, 1.82) is 0 Å². The monoisotopic (exact) mass is 520 g/mol. The minimum atomic E-state index is -0.321. The number of hydrogen-bond donors (Lipinski definition) is 2. The van der Waals surface area contributed by atoms with Crippen LogP contribution in [0, 0.1) is 12.7 Å². The van der Waals surface area contributed by atoms with E-state index < -0.39 is 0 Å². The van der Waals surface area contributed by atoms with Crippen LogP contribution in [-0.4, -0.2) is 53.6 Å². The summed E-state index contributed by atoms with van der Waals surface area (Å²) in [4.78, 5) is 4.57. The number of rotatable bonds is 10. The number of aryl methyl sites for hydroxylation is 1. The van der Waals surface area contributed by atoms with E-state index in [1.807, 2.05) is 25.5 Å². The normalized spacial score (nSPS) is 12.2. The van der Waals surface area contributed by atoms with Gasteiger partial charge in [0.2, 0.25) is 0 Å². The van der Waals surface area contributed by atoms with Crippen molar-refractivity contribution < 1.29 is 13.9 Å². The van der Waals surface area contributed by atoms with Crippen molar-refractivity contribution in [3.8, 4) is 5.75 Å². The maximum atomic E-state index is 13.3. The fourth-order valence-corrected chi connectivity index (χ4v) is 2.39. The molecule has 10 heteroatoms. The third-order valence-corrected chi connectivity index (χ3v) is 4.07. The summed E-state index contributed by atoms with van der Waals surface area (Å²) >= 11 is 0. The molecule has 0 radical (unpaired) electrons. The first kappa shape index (κ1) is 25.1. The van der Waals surface area contributed by atoms with E-state index in [4.69, 9.17) is 9.47 Å². The van der Waals surface area contributed by atoms with Crippen LogP contribution in [0.1, 0.15) is 25.0 Å². The standard InChI is InChI=1S/C19H29FN6O2.HI/c1-14(28-17-8-5-7-16(20)11-17)12-22-19(21-9-6-10-27-4)23-13-18-25-24-15(2)26(18)3;/h5,7-8,11,14H,6,9-10,12-13H2,1-4H3,(H2,21,22,23);1H. The van der Waals surface area contributed by atoms with E-state index in [-0.39, 0.29) is 35.9 Å². The van der Waals surface area contributed by atoms with Gasteiger partial charge in [-0.25, -0.2) is 9.38 Å². The van der Waals surface area contributed by atoms with E-state index in [2.05, 4.69) is 25.8 Å². The molecule has 2 N–H and O–H groups in total. The van der Waals surface area contributed by atoms with Crippen LogP contribution >= 0.6 is 24.0 Å². The van der Waals surface area contributed by atoms with Gasteiger partial charge in [0.15, 0.2) is 11.8 Å². The Kier molecular flexibility index (Phi) is 11.5. The van der Waals surface area contributed by atoms with E-state index in [0.717, 1.165) is 24.6 Å². The number of benzene rings is 1. The summed E-state index contributed by atoms with van der Waals surface area (Å²) < 4.78 is 26.0. The van der Waals surface area contributed by atoms with Gasteiger partial charge in [0.25, 0.3) is 0 Å². The van der Waals surface area contributed by atoms with Crippen LogP contribution in [0.3, 0.4) is 0 Å². The van der Waals surface area contributed by atoms with E-state index in [1.54, 1.807) is 19.2 Å². The summed E-state index contributed by atoms with van der Waals surface area (Å²) in [6.07, 6.45) is 0.681. The van der Waals surface area contributed by atoms with Crippen molar-refractivity contribution in [3.05, 3.63) is 41.7 Å². The van der Waals surface area contributed by atoms with Gasteiger partial charge in [-0.15, -0.1) is 34.2 Å². The van der Waals surface area contributed by atoms with Crippen LogP contribution < -0.4 is 15.4 Å². The second-order valence-corrected chi connectivity index (χ2v) is 6.43. The molecule has 1 aromatic heterocycles. The largest absolute Gasteiger partial charge is 0.489 e. The zero-order valence-corrected chi connectivity index (χ0v) is 19.6. The lowest BCUT2D eigenvalue weighted by molar-refractivity contribution is 0.195. The number of halogens is 2. The van der Waals surface area contributed by atoms with Crippen molar-refractivity contribution >= 4 is 29.9 Å². The number of guanidine groups is 1. The Morgan fingerprint density at radius 1 is 1.31 bits per heavy atom. The van der Waals surface area contributed by atoms with Gasteiger partial charge >= 0.3 is 0 Å². The molecule has 162 valence electrons. The molecular formula is C19H30FIN6O2. The number of nitrogens with zero attached hydrogens (tertiary/aromatic N) is 4. The summed E-state index contributed by atoms with van der Waals surface area (Å²) in [5.74, 6) is 2.44. The van der Waals surface area contributed by atoms with Gasteiger partial charge in [-0.1, -0.05) is 6.07 Å². The molecule has 0 bridgehead atoms. The maximum absolute atomic E-state index is 13.3. The fourth-order valence-electron chi connectivity index (χ4n) is 2.39. The Balaban J connectivity index is 0.00000420. The first-order valence-corrected chi connectivity index (χ1v) is 9.27. The molecule has 2 aromatic rings. The first-order chi connectivity index (χ1) is 13.5. The average Bonchev–Trinajstić information content (AvgIpc) is 2.98. The highest BCUT2D eigenvalue weighted by atomic mass is 127. The van der Waals surface area contributed by atoms with Gasteiger partial charge in [-0.05, 0) is 32.4 Å². The van der Waals surface area contributed by atoms with Gasteiger partial charge in [-0.2, -0.15) is 0 Å². The second-order valence-electron chi connectivity index (χ2n) is 6.43. The molecule has 0 saturated heterocycles. The highest BCUT2D eigenvalue weighted by Crippen LogP contribution is 2.13. The van der Waals surface area contributed by atoms with Crippen molar-refractivity contribution in [2.24, 2.45) is 12.0 Å². The Morgan fingerprint density at radius 3 is 2.76 bits per heavy atom. The summed E-state index contributed by atoms with van der Waals surface area (Å²) in [5, 5.41) is 14.7. The predicted molar refractivity (Wildman–Crippen MR) is 121 cm³/mol. The van der Waals surface area contributed by atoms with Crippen LogP contribution in [0.2, 0.25) is 0 Å². The molecule has 8 nitrogen and oxygen atoms in total. The lowest BCUT2D eigenvalue weighted by Gasteiger charge is -2.18. The molecule has 1 atom stereocenters. The fraction of sp³-hybridized carbons (Fsp3) is 0.526. The van der Waals surface area contributed by atoms with Crippen molar-refractivity contribution in [1.82, 2.24) is 25.4 Å². The SMILES string of the molecule is COCCCNC(=NCc1nnc(C)n1C)NCC(C)Oc1cccc(F)c1.I. The molecular weight excluding hydrogens is 490 g/mol. The topological polar surface area (TPSA) is 85.6 Å². The number of aliphatic imine (C=N–C) groups is 1. The number of hydrogen-bond acceptors (Lipinski definition) is 5. The minimum absolute atomic E-state index is 0. The molecule has 2 rings (SSSR count). The van der Waals surface area contributed by atoms with Crippen molar-refractivity contribution in [3.63, 3.8) is 0 Å². The Bertz CT molecular complexity index is 771. The zero-order valence-electron chi connectivity index (χ0n) is 17.3. The lowest BCUT2D eigenvalue weighted by atomic mass is 10.3. The summed E-state index contributed by atoms with van der Waals surface area (Å²) in [6, 6.07) is 6.11. The molecule has 1 heterocycles. The molecule has 1 aromatic carbocycles. The van der Waals surface area contributed by atoms with Crippen LogP contribution in [0.5, 0.6) is 5.75 Å². The Morgan fingerprint density at radius 2 is 2.10 bits per heavy atom. The van der Waals surface area contributed by atoms with E-state index in [1.165, 1.54) is 12.1 Å². The molecule has 0 spiro atoms. The molecule has 1 unspecified atom stereocenters.